The van der Waals surface area contributed by atoms with Crippen LogP contribution in [0, 0.1) is 4.91 Å². The summed E-state index contributed by atoms with van der Waals surface area (Å²) in [6.07, 6.45) is 5.10. The maximum atomic E-state index is 11.5. The quantitative estimate of drug-likeness (QED) is 0.403. The van der Waals surface area contributed by atoms with E-state index in [4.69, 9.17) is 15.2 Å². The molecular weight excluding hydrogens is 424 g/mol. The molecule has 0 saturated carbocycles. The summed E-state index contributed by atoms with van der Waals surface area (Å²) in [6, 6.07) is 8.24. The zero-order chi connectivity index (χ0) is 23.0. The van der Waals surface area contributed by atoms with Gasteiger partial charge in [-0.2, -0.15) is 9.97 Å². The SMILES string of the molecule is Nc1nc(OCC2CCCO2)nc(N(CC=O)Cc2cccc(CN3CCCC3)c2)c1N=O. The Balaban J connectivity index is 1.54. The summed E-state index contributed by atoms with van der Waals surface area (Å²) in [5, 5.41) is 3.04. The smallest absolute Gasteiger partial charge is 0.320 e. The minimum absolute atomic E-state index is 0.0144. The molecule has 1 unspecified atom stereocenters. The molecule has 1 atom stereocenters. The van der Waals surface area contributed by atoms with Crippen LogP contribution in [0.3, 0.4) is 0 Å². The normalized spacial score (nSPS) is 18.4. The lowest BCUT2D eigenvalue weighted by Gasteiger charge is -2.23. The van der Waals surface area contributed by atoms with Crippen molar-refractivity contribution in [3.05, 3.63) is 40.3 Å². The van der Waals surface area contributed by atoms with Gasteiger partial charge in [0.1, 0.15) is 12.9 Å². The van der Waals surface area contributed by atoms with Gasteiger partial charge in [-0.25, -0.2) is 0 Å². The van der Waals surface area contributed by atoms with Crippen LogP contribution in [0.1, 0.15) is 36.8 Å². The number of hydrogen-bond donors (Lipinski definition) is 1. The maximum absolute atomic E-state index is 11.5. The number of benzene rings is 1. The van der Waals surface area contributed by atoms with E-state index in [1.54, 1.807) is 4.90 Å². The maximum Gasteiger partial charge on any atom is 0.320 e. The number of carbonyl (C=O) groups excluding carboxylic acids is 1. The van der Waals surface area contributed by atoms with Crippen LogP contribution >= 0.6 is 0 Å². The van der Waals surface area contributed by atoms with E-state index < -0.39 is 0 Å². The van der Waals surface area contributed by atoms with Crippen molar-refractivity contribution in [1.29, 1.82) is 0 Å². The third kappa shape index (κ3) is 6.02. The van der Waals surface area contributed by atoms with E-state index in [0.717, 1.165) is 44.3 Å². The molecular formula is C23H30N6O4. The molecule has 2 fully saturated rings. The minimum Gasteiger partial charge on any atom is -0.461 e. The van der Waals surface area contributed by atoms with E-state index >= 15 is 0 Å². The number of rotatable bonds is 11. The fraction of sp³-hybridized carbons (Fsp3) is 0.522. The summed E-state index contributed by atoms with van der Waals surface area (Å²) in [4.78, 5) is 35.5. The van der Waals surface area contributed by atoms with E-state index in [1.165, 1.54) is 18.4 Å². The first-order chi connectivity index (χ1) is 16.2. The van der Waals surface area contributed by atoms with Crippen molar-refractivity contribution >= 4 is 23.6 Å². The summed E-state index contributed by atoms with van der Waals surface area (Å²) in [5.74, 6) is 0.0907. The molecule has 0 spiro atoms. The average molecular weight is 455 g/mol. The molecule has 2 N–H and O–H groups in total. The van der Waals surface area contributed by atoms with E-state index in [2.05, 4.69) is 32.2 Å². The van der Waals surface area contributed by atoms with Crippen molar-refractivity contribution in [2.75, 3.05) is 43.5 Å². The lowest BCUT2D eigenvalue weighted by Crippen LogP contribution is -2.27. The Labute approximate surface area is 193 Å². The molecule has 0 aliphatic carbocycles. The van der Waals surface area contributed by atoms with Gasteiger partial charge in [-0.3, -0.25) is 4.90 Å². The molecule has 0 amide bonds. The van der Waals surface area contributed by atoms with Gasteiger partial charge in [-0.15, -0.1) is 4.91 Å². The third-order valence-electron chi connectivity index (χ3n) is 5.95. The van der Waals surface area contributed by atoms with Crippen molar-refractivity contribution < 1.29 is 14.3 Å². The molecule has 1 aromatic heterocycles. The van der Waals surface area contributed by atoms with Gasteiger partial charge in [0.05, 0.1) is 12.6 Å². The number of nitroso groups, excluding NO2 is 1. The van der Waals surface area contributed by atoms with Gasteiger partial charge in [0.2, 0.25) is 0 Å². The highest BCUT2D eigenvalue weighted by atomic mass is 16.5. The van der Waals surface area contributed by atoms with Crippen LogP contribution in [-0.4, -0.2) is 60.1 Å². The summed E-state index contributed by atoms with van der Waals surface area (Å²) >= 11 is 0. The summed E-state index contributed by atoms with van der Waals surface area (Å²) < 4.78 is 11.3. The van der Waals surface area contributed by atoms with Crippen molar-refractivity contribution in [2.45, 2.75) is 44.9 Å². The van der Waals surface area contributed by atoms with Crippen molar-refractivity contribution in [1.82, 2.24) is 14.9 Å². The van der Waals surface area contributed by atoms with Gasteiger partial charge in [0.15, 0.2) is 17.3 Å². The van der Waals surface area contributed by atoms with Gasteiger partial charge in [-0.1, -0.05) is 24.3 Å². The fourth-order valence-electron chi connectivity index (χ4n) is 4.32. The lowest BCUT2D eigenvalue weighted by atomic mass is 10.1. The molecule has 2 aromatic rings. The highest BCUT2D eigenvalue weighted by Gasteiger charge is 2.22. The van der Waals surface area contributed by atoms with Gasteiger partial charge in [-0.05, 0) is 55.1 Å². The van der Waals surface area contributed by atoms with Crippen LogP contribution < -0.4 is 15.4 Å². The molecule has 10 heteroatoms. The van der Waals surface area contributed by atoms with E-state index in [-0.39, 0.29) is 36.0 Å². The zero-order valence-electron chi connectivity index (χ0n) is 18.7. The summed E-state index contributed by atoms with van der Waals surface area (Å²) in [7, 11) is 0. The van der Waals surface area contributed by atoms with Crippen molar-refractivity contribution in [3.63, 3.8) is 0 Å². The van der Waals surface area contributed by atoms with Crippen LogP contribution in [0.4, 0.5) is 17.3 Å². The van der Waals surface area contributed by atoms with Crippen LogP contribution in [0.25, 0.3) is 0 Å². The number of nitrogens with two attached hydrogens (primary N) is 1. The molecule has 4 rings (SSSR count). The Morgan fingerprint density at radius 2 is 2.06 bits per heavy atom. The van der Waals surface area contributed by atoms with Gasteiger partial charge in [0.25, 0.3) is 0 Å². The highest BCUT2D eigenvalue weighted by molar-refractivity contribution is 5.75. The number of likely N-dealkylation sites (tertiary alicyclic amines) is 1. The van der Waals surface area contributed by atoms with Gasteiger partial charge in [0, 0.05) is 19.7 Å². The number of nitrogens with zero attached hydrogens (tertiary/aromatic N) is 5. The first kappa shape index (κ1) is 23.1. The lowest BCUT2D eigenvalue weighted by molar-refractivity contribution is -0.106. The van der Waals surface area contributed by atoms with Crippen LogP contribution in [0.15, 0.2) is 29.4 Å². The Hall–Kier alpha value is -3.11. The monoisotopic (exact) mass is 454 g/mol. The topological polar surface area (TPSA) is 123 Å². The molecule has 1 aromatic carbocycles. The molecule has 0 radical (unpaired) electrons. The number of aldehydes is 1. The largest absolute Gasteiger partial charge is 0.461 e. The summed E-state index contributed by atoms with van der Waals surface area (Å²) in [5.41, 5.74) is 8.08. The third-order valence-corrected chi connectivity index (χ3v) is 5.95. The predicted molar refractivity (Wildman–Crippen MR) is 124 cm³/mol. The van der Waals surface area contributed by atoms with Gasteiger partial charge >= 0.3 is 6.01 Å². The molecule has 3 heterocycles. The Kier molecular flexibility index (Phi) is 7.79. The first-order valence-electron chi connectivity index (χ1n) is 11.4. The van der Waals surface area contributed by atoms with Crippen LogP contribution in [-0.2, 0) is 22.6 Å². The Morgan fingerprint density at radius 3 is 2.79 bits per heavy atom. The number of nitrogen functional groups attached to an aromatic ring is 1. The molecule has 176 valence electrons. The van der Waals surface area contributed by atoms with Gasteiger partial charge < -0.3 is 24.9 Å². The number of hydrogen-bond acceptors (Lipinski definition) is 10. The molecule has 2 saturated heterocycles. The van der Waals surface area contributed by atoms with Crippen LogP contribution in [0.5, 0.6) is 6.01 Å². The highest BCUT2D eigenvalue weighted by Crippen LogP contribution is 2.34. The van der Waals surface area contributed by atoms with Crippen LogP contribution in [0.2, 0.25) is 0 Å². The second-order valence-corrected chi connectivity index (χ2v) is 8.45. The first-order valence-corrected chi connectivity index (χ1v) is 11.4. The van der Waals surface area contributed by atoms with Crippen molar-refractivity contribution in [2.24, 2.45) is 5.18 Å². The van der Waals surface area contributed by atoms with Crippen molar-refractivity contribution in [3.8, 4) is 6.01 Å². The molecule has 33 heavy (non-hydrogen) atoms. The molecule has 10 nitrogen and oxygen atoms in total. The minimum atomic E-state index is -0.102. The molecule has 2 aliphatic heterocycles. The van der Waals surface area contributed by atoms with E-state index in [0.29, 0.717) is 19.8 Å². The predicted octanol–water partition coefficient (Wildman–Crippen LogP) is 2.82. The van der Waals surface area contributed by atoms with E-state index in [9.17, 15) is 9.70 Å². The number of anilines is 2. The fourth-order valence-corrected chi connectivity index (χ4v) is 4.32. The summed E-state index contributed by atoms with van der Waals surface area (Å²) in [6.45, 7) is 4.50. The number of carbonyl (C=O) groups is 1. The molecule has 2 aliphatic rings. The zero-order valence-corrected chi connectivity index (χ0v) is 18.7. The average Bonchev–Trinajstić information content (AvgIpc) is 3.52. The second kappa shape index (κ2) is 11.2. The number of ether oxygens (including phenoxy) is 2. The standard InChI is InChI=1S/C23H30N6O4/c24-21-20(27-31)22(26-23(25-21)33-16-19-7-4-12-32-19)29(10-11-30)15-18-6-3-5-17(13-18)14-28-8-1-2-9-28/h3,5-6,11,13,19H,1-2,4,7-10,12,14-16H2,(H2,24,25,26). The molecule has 0 bridgehead atoms. The number of aromatic nitrogens is 2. The Bertz CT molecular complexity index is 960. The van der Waals surface area contributed by atoms with E-state index in [1.807, 2.05) is 12.1 Å². The Morgan fingerprint density at radius 1 is 1.24 bits per heavy atom. The second-order valence-electron chi connectivity index (χ2n) is 8.45.